The number of carbonyl (C=O) groups excluding carboxylic acids is 1. The minimum absolute atomic E-state index is 0.471. The maximum Gasteiger partial charge on any atom is 0.336 e. The van der Waals surface area contributed by atoms with E-state index in [1.807, 2.05) is 6.92 Å². The van der Waals surface area contributed by atoms with Crippen LogP contribution < -0.4 is 18.9 Å². The molecule has 1 aliphatic heterocycles. The lowest BCUT2D eigenvalue weighted by Crippen LogP contribution is -2.16. The van der Waals surface area contributed by atoms with E-state index in [1.54, 1.807) is 43.5 Å². The molecule has 0 atom stereocenters. The second kappa shape index (κ2) is 7.49. The zero-order valence-corrected chi connectivity index (χ0v) is 14.6. The van der Waals surface area contributed by atoms with Gasteiger partial charge in [0.15, 0.2) is 11.5 Å². The molecule has 0 saturated carbocycles. The molecule has 1 aliphatic rings. The second-order valence-corrected chi connectivity index (χ2v) is 5.85. The van der Waals surface area contributed by atoms with Gasteiger partial charge in [-0.15, -0.1) is 0 Å². The summed E-state index contributed by atoms with van der Waals surface area (Å²) in [6.45, 7) is 2.77. The summed E-state index contributed by atoms with van der Waals surface area (Å²) in [5.41, 5.74) is 1.53. The quantitative estimate of drug-likeness (QED) is 0.468. The number of esters is 1. The number of benzene rings is 2. The molecule has 0 bridgehead atoms. The summed E-state index contributed by atoms with van der Waals surface area (Å²) in [6.07, 6.45) is 2.98. The number of rotatable bonds is 4. The Labute approximate surface area is 150 Å². The molecule has 3 rings (SSSR count). The minimum atomic E-state index is -0.487. The van der Waals surface area contributed by atoms with Crippen molar-refractivity contribution >= 4 is 23.6 Å². The molecule has 6 heteroatoms. The summed E-state index contributed by atoms with van der Waals surface area (Å²) in [4.78, 5) is 12.0. The van der Waals surface area contributed by atoms with Gasteiger partial charge in [0.2, 0.25) is 5.75 Å². The van der Waals surface area contributed by atoms with E-state index < -0.39 is 5.97 Å². The van der Waals surface area contributed by atoms with Crippen molar-refractivity contribution in [1.29, 1.82) is 0 Å². The molecule has 0 spiro atoms. The molecular weight excluding hydrogens is 344 g/mol. The van der Waals surface area contributed by atoms with Gasteiger partial charge in [-0.25, -0.2) is 4.79 Å². The molecule has 0 saturated heterocycles. The Morgan fingerprint density at radius 3 is 2.72 bits per heavy atom. The summed E-state index contributed by atoms with van der Waals surface area (Å²) in [5.74, 6) is 1.70. The molecule has 5 nitrogen and oxygen atoms in total. The van der Waals surface area contributed by atoms with Crippen LogP contribution in [0.25, 0.3) is 6.08 Å². The number of aryl methyl sites for hydroxylation is 1. The lowest BCUT2D eigenvalue weighted by atomic mass is 10.1. The number of hydrogen-bond donors (Lipinski definition) is 0. The maximum absolute atomic E-state index is 12.0. The predicted octanol–water partition coefficient (Wildman–Crippen LogP) is 4.05. The Bertz CT molecular complexity index is 812. The fourth-order valence-electron chi connectivity index (χ4n) is 2.42. The lowest BCUT2D eigenvalue weighted by molar-refractivity contribution is -0.128. The topological polar surface area (TPSA) is 54.0 Å². The molecule has 1 heterocycles. The first-order valence-electron chi connectivity index (χ1n) is 7.70. The molecule has 0 aromatic heterocycles. The van der Waals surface area contributed by atoms with Crippen LogP contribution in [0.3, 0.4) is 0 Å². The molecule has 130 valence electrons. The monoisotopic (exact) mass is 360 g/mol. The van der Waals surface area contributed by atoms with Crippen molar-refractivity contribution in [2.75, 3.05) is 20.3 Å². The van der Waals surface area contributed by atoms with Crippen LogP contribution in [0.4, 0.5) is 0 Å². The van der Waals surface area contributed by atoms with Crippen molar-refractivity contribution < 1.29 is 23.7 Å². The molecular formula is C19H17ClO5. The van der Waals surface area contributed by atoms with E-state index >= 15 is 0 Å². The first-order valence-corrected chi connectivity index (χ1v) is 8.08. The smallest absolute Gasteiger partial charge is 0.336 e. The normalized spacial score (nSPS) is 12.9. The Kier molecular flexibility index (Phi) is 5.14. The van der Waals surface area contributed by atoms with Crippen LogP contribution in [0.2, 0.25) is 5.02 Å². The molecule has 0 amide bonds. The highest BCUT2D eigenvalue weighted by molar-refractivity contribution is 6.30. The van der Waals surface area contributed by atoms with Crippen LogP contribution in [0.5, 0.6) is 23.0 Å². The van der Waals surface area contributed by atoms with Gasteiger partial charge in [0.25, 0.3) is 0 Å². The summed E-state index contributed by atoms with van der Waals surface area (Å²) in [5, 5.41) is 0.594. The summed E-state index contributed by atoms with van der Waals surface area (Å²) < 4.78 is 21.8. The van der Waals surface area contributed by atoms with Crippen molar-refractivity contribution in [3.8, 4) is 23.0 Å². The van der Waals surface area contributed by atoms with Gasteiger partial charge >= 0.3 is 5.97 Å². The molecule has 2 aromatic carbocycles. The molecule has 0 fully saturated rings. The van der Waals surface area contributed by atoms with Gasteiger partial charge in [-0.3, -0.25) is 0 Å². The van der Waals surface area contributed by atoms with E-state index in [4.69, 9.17) is 30.5 Å². The van der Waals surface area contributed by atoms with E-state index in [0.717, 1.165) is 11.1 Å². The minimum Gasteiger partial charge on any atom is -0.493 e. The molecule has 0 unspecified atom stereocenters. The predicted molar refractivity (Wildman–Crippen MR) is 94.8 cm³/mol. The summed E-state index contributed by atoms with van der Waals surface area (Å²) >= 11 is 5.89. The van der Waals surface area contributed by atoms with Crippen LogP contribution in [-0.4, -0.2) is 26.3 Å². The molecule has 0 radical (unpaired) electrons. The second-order valence-electron chi connectivity index (χ2n) is 5.41. The number of ether oxygens (including phenoxy) is 4. The van der Waals surface area contributed by atoms with Crippen LogP contribution in [0, 0.1) is 6.92 Å². The van der Waals surface area contributed by atoms with Crippen molar-refractivity contribution in [2.24, 2.45) is 0 Å². The van der Waals surface area contributed by atoms with Gasteiger partial charge in [-0.1, -0.05) is 11.6 Å². The van der Waals surface area contributed by atoms with E-state index in [1.165, 1.54) is 6.08 Å². The summed E-state index contributed by atoms with van der Waals surface area (Å²) in [7, 11) is 1.55. The third-order valence-corrected chi connectivity index (χ3v) is 3.84. The first kappa shape index (κ1) is 17.2. The van der Waals surface area contributed by atoms with Crippen LogP contribution in [0.1, 0.15) is 11.1 Å². The van der Waals surface area contributed by atoms with Crippen molar-refractivity contribution in [3.63, 3.8) is 0 Å². The average Bonchev–Trinajstić information content (AvgIpc) is 2.61. The lowest BCUT2D eigenvalue weighted by Gasteiger charge is -2.20. The SMILES string of the molecule is COc1cc(/C=C/C(=O)Oc2ccc(Cl)cc2C)cc2c1OCCO2. The number of fused-ring (bicyclic) bond motifs is 1. The third-order valence-electron chi connectivity index (χ3n) is 3.61. The largest absolute Gasteiger partial charge is 0.493 e. The molecule has 2 aromatic rings. The van der Waals surface area contributed by atoms with Crippen LogP contribution >= 0.6 is 11.6 Å². The zero-order chi connectivity index (χ0) is 17.8. The third kappa shape index (κ3) is 4.06. The Hall–Kier alpha value is -2.66. The van der Waals surface area contributed by atoms with E-state index in [9.17, 15) is 4.79 Å². The Morgan fingerprint density at radius 1 is 1.16 bits per heavy atom. The van der Waals surface area contributed by atoms with Gasteiger partial charge in [-0.2, -0.15) is 0 Å². The molecule has 0 aliphatic carbocycles. The van der Waals surface area contributed by atoms with Crippen molar-refractivity contribution in [2.45, 2.75) is 6.92 Å². The zero-order valence-electron chi connectivity index (χ0n) is 13.9. The fraction of sp³-hybridized carbons (Fsp3) is 0.211. The first-order chi connectivity index (χ1) is 12.1. The van der Waals surface area contributed by atoms with Gasteiger partial charge in [0.05, 0.1) is 7.11 Å². The highest BCUT2D eigenvalue weighted by Gasteiger charge is 2.17. The molecule has 25 heavy (non-hydrogen) atoms. The molecule has 0 N–H and O–H groups in total. The fourth-order valence-corrected chi connectivity index (χ4v) is 2.65. The Morgan fingerprint density at radius 2 is 1.96 bits per heavy atom. The van der Waals surface area contributed by atoms with Crippen LogP contribution in [-0.2, 0) is 4.79 Å². The van der Waals surface area contributed by atoms with E-state index in [2.05, 4.69) is 0 Å². The van der Waals surface area contributed by atoms with Gasteiger partial charge < -0.3 is 18.9 Å². The summed E-state index contributed by atoms with van der Waals surface area (Å²) in [6, 6.07) is 8.63. The highest BCUT2D eigenvalue weighted by Crippen LogP contribution is 2.40. The van der Waals surface area contributed by atoms with Gasteiger partial charge in [0, 0.05) is 11.1 Å². The van der Waals surface area contributed by atoms with E-state index in [0.29, 0.717) is 41.2 Å². The number of carbonyl (C=O) groups is 1. The highest BCUT2D eigenvalue weighted by atomic mass is 35.5. The van der Waals surface area contributed by atoms with Gasteiger partial charge in [-0.05, 0) is 54.5 Å². The van der Waals surface area contributed by atoms with Crippen LogP contribution in [0.15, 0.2) is 36.4 Å². The van der Waals surface area contributed by atoms with Crippen molar-refractivity contribution in [3.05, 3.63) is 52.6 Å². The standard InChI is InChI=1S/C19H17ClO5/c1-12-9-14(20)4-5-15(12)25-18(21)6-3-13-10-16(22-2)19-17(11-13)23-7-8-24-19/h3-6,9-11H,7-8H2,1-2H3/b6-3+. The van der Waals surface area contributed by atoms with Gasteiger partial charge in [0.1, 0.15) is 19.0 Å². The maximum atomic E-state index is 12.0. The number of halogens is 1. The number of hydrogen-bond acceptors (Lipinski definition) is 5. The van der Waals surface area contributed by atoms with Crippen molar-refractivity contribution in [1.82, 2.24) is 0 Å². The average molecular weight is 361 g/mol. The van der Waals surface area contributed by atoms with E-state index in [-0.39, 0.29) is 0 Å². The Balaban J connectivity index is 1.76. The number of methoxy groups -OCH3 is 1.